The molecule has 0 fully saturated rings. The Bertz CT molecular complexity index is 1150. The third kappa shape index (κ3) is 6.63. The lowest BCUT2D eigenvalue weighted by atomic mass is 10.2. The number of halogens is 3. The molecular formula is C17H12F3N7O5S. The molecule has 1 heterocycles. The number of hydrogen-bond donors (Lipinski definition) is 2. The van der Waals surface area contributed by atoms with Gasteiger partial charge >= 0.3 is 6.36 Å². The Balaban J connectivity index is 1.52. The average Bonchev–Trinajstić information content (AvgIpc) is 3.24. The summed E-state index contributed by atoms with van der Waals surface area (Å²) in [7, 11) is 0. The molecule has 3 rings (SSSR count). The van der Waals surface area contributed by atoms with Crippen LogP contribution < -0.4 is 15.6 Å². The molecule has 0 atom stereocenters. The molecule has 0 saturated carbocycles. The number of nitro benzene ring substituents is 1. The first-order valence-electron chi connectivity index (χ1n) is 8.73. The van der Waals surface area contributed by atoms with Crippen molar-refractivity contribution in [3.8, 4) is 11.4 Å². The number of amides is 2. The number of carbonyl (C=O) groups excluding carboxylic acids is 2. The van der Waals surface area contributed by atoms with Crippen molar-refractivity contribution in [3.05, 3.63) is 64.2 Å². The van der Waals surface area contributed by atoms with Crippen molar-refractivity contribution >= 4 is 29.3 Å². The van der Waals surface area contributed by atoms with Gasteiger partial charge in [-0.2, -0.15) is 4.68 Å². The van der Waals surface area contributed by atoms with E-state index in [0.717, 1.165) is 36.0 Å². The average molecular weight is 483 g/mol. The monoisotopic (exact) mass is 483 g/mol. The van der Waals surface area contributed by atoms with Gasteiger partial charge in [0.2, 0.25) is 11.1 Å². The zero-order valence-electron chi connectivity index (χ0n) is 16.1. The highest BCUT2D eigenvalue weighted by atomic mass is 32.2. The van der Waals surface area contributed by atoms with Crippen molar-refractivity contribution < 1.29 is 32.4 Å². The van der Waals surface area contributed by atoms with Crippen molar-refractivity contribution in [2.75, 3.05) is 5.75 Å². The van der Waals surface area contributed by atoms with Gasteiger partial charge in [-0.1, -0.05) is 11.8 Å². The highest BCUT2D eigenvalue weighted by Crippen LogP contribution is 2.25. The van der Waals surface area contributed by atoms with Crippen LogP contribution >= 0.6 is 11.8 Å². The smallest absolute Gasteiger partial charge is 0.406 e. The summed E-state index contributed by atoms with van der Waals surface area (Å²) in [5.74, 6) is -1.93. The van der Waals surface area contributed by atoms with E-state index in [0.29, 0.717) is 5.69 Å². The van der Waals surface area contributed by atoms with E-state index in [-0.39, 0.29) is 22.2 Å². The molecule has 0 aliphatic carbocycles. The minimum Gasteiger partial charge on any atom is -0.406 e. The molecule has 0 unspecified atom stereocenters. The Labute approximate surface area is 186 Å². The number of hydrazine groups is 1. The standard InChI is InChI=1S/C17H12F3N7O5S/c18-17(19,20)32-13-7-5-11(6-8-13)26-16(23-24-25-26)33-9-14(28)21-22-15(29)10-1-3-12(4-2-10)27(30)31/h1-8H,9H2,(H,21,28)(H,22,29). The van der Waals surface area contributed by atoms with Crippen LogP contribution in [-0.4, -0.2) is 49.1 Å². The van der Waals surface area contributed by atoms with Crippen LogP contribution in [0.1, 0.15) is 10.4 Å². The number of nitrogens with zero attached hydrogens (tertiary/aromatic N) is 5. The summed E-state index contributed by atoms with van der Waals surface area (Å²) < 4.78 is 41.8. The zero-order valence-corrected chi connectivity index (χ0v) is 17.0. The van der Waals surface area contributed by atoms with Crippen LogP contribution in [0.4, 0.5) is 18.9 Å². The van der Waals surface area contributed by atoms with Gasteiger partial charge in [0.15, 0.2) is 0 Å². The summed E-state index contributed by atoms with van der Waals surface area (Å²) in [6.07, 6.45) is -4.82. The fourth-order valence-corrected chi connectivity index (χ4v) is 3.01. The molecule has 0 bridgehead atoms. The number of benzene rings is 2. The van der Waals surface area contributed by atoms with Gasteiger partial charge in [-0.25, -0.2) is 0 Å². The number of tetrazole rings is 1. The number of aromatic nitrogens is 4. The maximum absolute atomic E-state index is 12.3. The first-order chi connectivity index (χ1) is 15.6. The van der Waals surface area contributed by atoms with Crippen LogP contribution in [0.2, 0.25) is 0 Å². The molecule has 172 valence electrons. The predicted octanol–water partition coefficient (Wildman–Crippen LogP) is 2.02. The lowest BCUT2D eigenvalue weighted by molar-refractivity contribution is -0.384. The topological polar surface area (TPSA) is 154 Å². The van der Waals surface area contributed by atoms with E-state index in [4.69, 9.17) is 0 Å². The third-order valence-electron chi connectivity index (χ3n) is 3.74. The van der Waals surface area contributed by atoms with Gasteiger partial charge in [-0.15, -0.1) is 18.3 Å². The number of nitrogens with one attached hydrogen (secondary N) is 2. The summed E-state index contributed by atoms with van der Waals surface area (Å²) in [5.41, 5.74) is 4.57. The second kappa shape index (κ2) is 9.94. The van der Waals surface area contributed by atoms with Crippen molar-refractivity contribution in [2.45, 2.75) is 11.5 Å². The molecule has 0 saturated heterocycles. The number of alkyl halides is 3. The number of nitro groups is 1. The van der Waals surface area contributed by atoms with Gasteiger partial charge in [0.05, 0.1) is 16.4 Å². The van der Waals surface area contributed by atoms with Crippen LogP contribution in [0, 0.1) is 10.1 Å². The van der Waals surface area contributed by atoms with E-state index in [1.54, 1.807) is 0 Å². The zero-order chi connectivity index (χ0) is 24.0. The summed E-state index contributed by atoms with van der Waals surface area (Å²) in [6, 6.07) is 9.51. The maximum atomic E-state index is 12.3. The van der Waals surface area contributed by atoms with E-state index in [9.17, 15) is 32.9 Å². The molecule has 33 heavy (non-hydrogen) atoms. The molecule has 0 aliphatic heterocycles. The molecule has 0 spiro atoms. The van der Waals surface area contributed by atoms with Gasteiger partial charge in [0.25, 0.3) is 11.6 Å². The van der Waals surface area contributed by atoms with E-state index < -0.39 is 28.8 Å². The van der Waals surface area contributed by atoms with E-state index in [2.05, 4.69) is 31.1 Å². The lowest BCUT2D eigenvalue weighted by Crippen LogP contribution is -2.42. The minimum absolute atomic E-state index is 0.0930. The van der Waals surface area contributed by atoms with E-state index in [1.165, 1.54) is 28.9 Å². The summed E-state index contributed by atoms with van der Waals surface area (Å²) in [4.78, 5) is 34.0. The van der Waals surface area contributed by atoms with Crippen molar-refractivity contribution in [2.24, 2.45) is 0 Å². The molecule has 3 aromatic rings. The fraction of sp³-hybridized carbons (Fsp3) is 0.118. The fourth-order valence-electron chi connectivity index (χ4n) is 2.32. The highest BCUT2D eigenvalue weighted by molar-refractivity contribution is 7.99. The molecular weight excluding hydrogens is 471 g/mol. The number of ether oxygens (including phenoxy) is 1. The SMILES string of the molecule is O=C(CSc1nnnn1-c1ccc(OC(F)(F)F)cc1)NNC(=O)c1ccc([N+](=O)[O-])cc1. The Morgan fingerprint density at radius 3 is 2.36 bits per heavy atom. The van der Waals surface area contributed by atoms with Gasteiger partial charge in [0, 0.05) is 17.7 Å². The first kappa shape index (κ1) is 23.5. The van der Waals surface area contributed by atoms with Crippen LogP contribution in [0.15, 0.2) is 53.7 Å². The van der Waals surface area contributed by atoms with E-state index >= 15 is 0 Å². The quantitative estimate of drug-likeness (QED) is 0.292. The lowest BCUT2D eigenvalue weighted by Gasteiger charge is -2.10. The molecule has 1 aromatic heterocycles. The van der Waals surface area contributed by atoms with Crippen molar-refractivity contribution in [1.82, 2.24) is 31.1 Å². The van der Waals surface area contributed by atoms with Crippen LogP contribution in [-0.2, 0) is 4.79 Å². The van der Waals surface area contributed by atoms with Gasteiger partial charge in [-0.3, -0.25) is 30.6 Å². The second-order valence-corrected chi connectivity index (χ2v) is 6.95. The number of rotatable bonds is 7. The Morgan fingerprint density at radius 1 is 1.09 bits per heavy atom. The van der Waals surface area contributed by atoms with Gasteiger partial charge in [-0.05, 0) is 46.8 Å². The molecule has 16 heteroatoms. The first-order valence-corrected chi connectivity index (χ1v) is 9.72. The molecule has 2 amide bonds. The molecule has 2 N–H and O–H groups in total. The third-order valence-corrected chi connectivity index (χ3v) is 4.66. The van der Waals surface area contributed by atoms with E-state index in [1.807, 2.05) is 0 Å². The van der Waals surface area contributed by atoms with Crippen LogP contribution in [0.25, 0.3) is 5.69 Å². The number of hydrogen-bond acceptors (Lipinski definition) is 9. The Hall–Kier alpha value is -4.21. The maximum Gasteiger partial charge on any atom is 0.573 e. The number of non-ortho nitro benzene ring substituents is 1. The Kier molecular flexibility index (Phi) is 7.07. The molecule has 0 aliphatic rings. The normalized spacial score (nSPS) is 11.0. The molecule has 12 nitrogen and oxygen atoms in total. The minimum atomic E-state index is -4.82. The van der Waals surface area contributed by atoms with Gasteiger partial charge < -0.3 is 4.74 Å². The number of carbonyl (C=O) groups is 2. The van der Waals surface area contributed by atoms with Crippen molar-refractivity contribution in [3.63, 3.8) is 0 Å². The summed E-state index contributed by atoms with van der Waals surface area (Å²) >= 11 is 0.901. The summed E-state index contributed by atoms with van der Waals surface area (Å²) in [6.45, 7) is 0. The van der Waals surface area contributed by atoms with Crippen LogP contribution in [0.3, 0.4) is 0 Å². The highest BCUT2D eigenvalue weighted by Gasteiger charge is 2.31. The number of thioether (sulfide) groups is 1. The second-order valence-electron chi connectivity index (χ2n) is 6.01. The van der Waals surface area contributed by atoms with Crippen molar-refractivity contribution in [1.29, 1.82) is 0 Å². The molecule has 0 radical (unpaired) electrons. The predicted molar refractivity (Wildman–Crippen MR) is 105 cm³/mol. The van der Waals surface area contributed by atoms with Gasteiger partial charge in [0.1, 0.15) is 5.75 Å². The summed E-state index contributed by atoms with van der Waals surface area (Å²) in [5, 5.41) is 21.7. The molecule has 2 aromatic carbocycles. The largest absolute Gasteiger partial charge is 0.573 e. The van der Waals surface area contributed by atoms with Crippen LogP contribution in [0.5, 0.6) is 5.75 Å². The Morgan fingerprint density at radius 2 is 1.76 bits per heavy atom.